The Bertz CT molecular complexity index is 1040. The molecule has 2 aliphatic carbocycles. The van der Waals surface area contributed by atoms with Gasteiger partial charge in [-0.1, -0.05) is 30.4 Å². The molecule has 5 unspecified atom stereocenters. The highest BCUT2D eigenvalue weighted by Crippen LogP contribution is 2.54. The van der Waals surface area contributed by atoms with Gasteiger partial charge in [-0.3, -0.25) is 19.3 Å². The average molecular weight is 404 g/mol. The summed E-state index contributed by atoms with van der Waals surface area (Å²) in [4.78, 5) is 40.8. The number of nitrogens with one attached hydrogen (secondary N) is 1. The van der Waals surface area contributed by atoms with Crippen LogP contribution in [-0.4, -0.2) is 22.6 Å². The van der Waals surface area contributed by atoms with Crippen molar-refractivity contribution in [1.29, 1.82) is 0 Å². The summed E-state index contributed by atoms with van der Waals surface area (Å²) in [5.41, 5.74) is 1.66. The third-order valence-corrected chi connectivity index (χ3v) is 6.70. The van der Waals surface area contributed by atoms with Crippen molar-refractivity contribution in [3.05, 3.63) is 65.6 Å². The standard InChI is InChI=1S/C24H24N2O4/c1-13-5-3-4-6-17(13)25-20(27)12-18(19-10-7-14(2)30-19)26-23(28)21-15-8-9-16(11-15)22(21)24(26)29/h3-10,15-16,18,21-22H,11-12H2,1-2H3,(H,25,27). The fourth-order valence-corrected chi connectivity index (χ4v) is 5.27. The van der Waals surface area contributed by atoms with Gasteiger partial charge in [0.05, 0.1) is 18.3 Å². The lowest BCUT2D eigenvalue weighted by atomic mass is 9.85. The molecule has 1 aliphatic heterocycles. The molecule has 6 nitrogen and oxygen atoms in total. The minimum Gasteiger partial charge on any atom is -0.464 e. The van der Waals surface area contributed by atoms with E-state index in [1.807, 2.05) is 31.2 Å². The zero-order valence-corrected chi connectivity index (χ0v) is 17.0. The quantitative estimate of drug-likeness (QED) is 0.608. The van der Waals surface area contributed by atoms with Crippen LogP contribution in [0.25, 0.3) is 0 Å². The number of nitrogens with zero attached hydrogens (tertiary/aromatic N) is 1. The van der Waals surface area contributed by atoms with Gasteiger partial charge < -0.3 is 9.73 Å². The van der Waals surface area contributed by atoms with Crippen LogP contribution in [0.4, 0.5) is 5.69 Å². The van der Waals surface area contributed by atoms with E-state index in [-0.39, 0.29) is 47.8 Å². The zero-order valence-electron chi connectivity index (χ0n) is 17.0. The van der Waals surface area contributed by atoms with Gasteiger partial charge in [-0.2, -0.15) is 0 Å². The Morgan fingerprint density at radius 3 is 2.33 bits per heavy atom. The molecule has 1 aromatic carbocycles. The SMILES string of the molecule is Cc1ccc(C(CC(=O)Nc2ccccc2C)N2C(=O)C3C4C=CC(C4)C3C2=O)o1. The van der Waals surface area contributed by atoms with Crippen LogP contribution in [-0.2, 0) is 14.4 Å². The van der Waals surface area contributed by atoms with Crippen molar-refractivity contribution in [3.63, 3.8) is 0 Å². The molecule has 3 amide bonds. The van der Waals surface area contributed by atoms with E-state index < -0.39 is 6.04 Å². The van der Waals surface area contributed by atoms with Gasteiger partial charge in [-0.05, 0) is 55.9 Å². The van der Waals surface area contributed by atoms with Gasteiger partial charge >= 0.3 is 0 Å². The molecule has 0 spiro atoms. The maximum atomic E-state index is 13.3. The van der Waals surface area contributed by atoms with Crippen LogP contribution in [0.15, 0.2) is 53.0 Å². The summed E-state index contributed by atoms with van der Waals surface area (Å²) in [6.07, 6.45) is 4.97. The van der Waals surface area contributed by atoms with E-state index in [4.69, 9.17) is 4.42 Å². The van der Waals surface area contributed by atoms with Crippen molar-refractivity contribution in [2.24, 2.45) is 23.7 Å². The third-order valence-electron chi connectivity index (χ3n) is 6.70. The second-order valence-electron chi connectivity index (χ2n) is 8.58. The summed E-state index contributed by atoms with van der Waals surface area (Å²) in [6, 6.07) is 10.3. The number of carbonyl (C=O) groups is 3. The van der Waals surface area contributed by atoms with Gasteiger partial charge in [0.2, 0.25) is 17.7 Å². The van der Waals surface area contributed by atoms with E-state index >= 15 is 0 Å². The van der Waals surface area contributed by atoms with Crippen molar-refractivity contribution < 1.29 is 18.8 Å². The number of allylic oxidation sites excluding steroid dienone is 2. The second-order valence-corrected chi connectivity index (χ2v) is 8.58. The molecule has 0 radical (unpaired) electrons. The summed E-state index contributed by atoms with van der Waals surface area (Å²) in [5.74, 6) is 0.180. The molecule has 2 bridgehead atoms. The Kier molecular flexibility index (Phi) is 4.38. The number of benzene rings is 1. The molecular formula is C24H24N2O4. The van der Waals surface area contributed by atoms with Crippen molar-refractivity contribution in [2.45, 2.75) is 32.7 Å². The second kappa shape index (κ2) is 6.97. The number of carbonyl (C=O) groups excluding carboxylic acids is 3. The van der Waals surface area contributed by atoms with Crippen LogP contribution < -0.4 is 5.32 Å². The third kappa shape index (κ3) is 2.90. The van der Waals surface area contributed by atoms with Crippen LogP contribution in [0.2, 0.25) is 0 Å². The first kappa shape index (κ1) is 18.9. The lowest BCUT2D eigenvalue weighted by molar-refractivity contribution is -0.144. The maximum absolute atomic E-state index is 13.3. The molecule has 5 rings (SSSR count). The predicted molar refractivity (Wildman–Crippen MR) is 110 cm³/mol. The summed E-state index contributed by atoms with van der Waals surface area (Å²) < 4.78 is 5.78. The topological polar surface area (TPSA) is 79.6 Å². The molecule has 3 aliphatic rings. The summed E-state index contributed by atoms with van der Waals surface area (Å²) in [7, 11) is 0. The maximum Gasteiger partial charge on any atom is 0.234 e. The molecule has 2 aromatic rings. The fourth-order valence-electron chi connectivity index (χ4n) is 5.27. The number of furan rings is 1. The van der Waals surface area contributed by atoms with Crippen LogP contribution in [0.3, 0.4) is 0 Å². The van der Waals surface area contributed by atoms with E-state index in [2.05, 4.69) is 17.5 Å². The Morgan fingerprint density at radius 1 is 1.07 bits per heavy atom. The molecular weight excluding hydrogens is 380 g/mol. The van der Waals surface area contributed by atoms with Crippen LogP contribution in [0.5, 0.6) is 0 Å². The Balaban J connectivity index is 1.43. The van der Waals surface area contributed by atoms with Gasteiger partial charge in [0.15, 0.2) is 0 Å². The number of aryl methyl sites for hydroxylation is 2. The first-order valence-corrected chi connectivity index (χ1v) is 10.4. The van der Waals surface area contributed by atoms with Gasteiger partial charge in [-0.25, -0.2) is 0 Å². The molecule has 1 saturated carbocycles. The van der Waals surface area contributed by atoms with Gasteiger partial charge in [0, 0.05) is 5.69 Å². The van der Waals surface area contributed by atoms with E-state index in [9.17, 15) is 14.4 Å². The molecule has 1 N–H and O–H groups in total. The number of para-hydroxylation sites is 1. The Labute approximate surface area is 174 Å². The van der Waals surface area contributed by atoms with Crippen molar-refractivity contribution in [3.8, 4) is 0 Å². The summed E-state index contributed by atoms with van der Waals surface area (Å²) in [6.45, 7) is 3.72. The van der Waals surface area contributed by atoms with Gasteiger partial charge in [-0.15, -0.1) is 0 Å². The number of likely N-dealkylation sites (tertiary alicyclic amines) is 1. The highest BCUT2D eigenvalue weighted by Gasteiger charge is 2.60. The van der Waals surface area contributed by atoms with Crippen molar-refractivity contribution in [2.75, 3.05) is 5.32 Å². The number of hydrogen-bond acceptors (Lipinski definition) is 4. The summed E-state index contributed by atoms with van der Waals surface area (Å²) >= 11 is 0. The Hall–Kier alpha value is -3.15. The van der Waals surface area contributed by atoms with Crippen LogP contribution in [0.1, 0.15) is 36.0 Å². The lowest BCUT2D eigenvalue weighted by Crippen LogP contribution is -2.38. The Morgan fingerprint density at radius 2 is 1.73 bits per heavy atom. The van der Waals surface area contributed by atoms with E-state index in [0.29, 0.717) is 11.5 Å². The molecule has 2 heterocycles. The number of rotatable bonds is 5. The van der Waals surface area contributed by atoms with Crippen molar-refractivity contribution >= 4 is 23.4 Å². The van der Waals surface area contributed by atoms with E-state index in [1.54, 1.807) is 19.1 Å². The normalized spacial score (nSPS) is 27.6. The van der Waals surface area contributed by atoms with E-state index in [1.165, 1.54) is 4.90 Å². The van der Waals surface area contributed by atoms with Gasteiger partial charge in [0.1, 0.15) is 17.6 Å². The minimum atomic E-state index is -0.743. The largest absolute Gasteiger partial charge is 0.464 e. The first-order valence-electron chi connectivity index (χ1n) is 10.4. The molecule has 154 valence electrons. The predicted octanol–water partition coefficient (Wildman–Crippen LogP) is 3.77. The zero-order chi connectivity index (χ0) is 21.0. The monoisotopic (exact) mass is 404 g/mol. The molecule has 1 aromatic heterocycles. The average Bonchev–Trinajstić information content (AvgIpc) is 3.47. The minimum absolute atomic E-state index is 0.0407. The lowest BCUT2D eigenvalue weighted by Gasteiger charge is -2.26. The number of fused-ring (bicyclic) bond motifs is 5. The smallest absolute Gasteiger partial charge is 0.234 e. The summed E-state index contributed by atoms with van der Waals surface area (Å²) in [5, 5.41) is 2.91. The molecule has 6 heteroatoms. The molecule has 30 heavy (non-hydrogen) atoms. The van der Waals surface area contributed by atoms with Crippen LogP contribution in [0, 0.1) is 37.5 Å². The first-order chi connectivity index (χ1) is 14.4. The molecule has 2 fully saturated rings. The highest BCUT2D eigenvalue weighted by atomic mass is 16.3. The number of anilines is 1. The highest BCUT2D eigenvalue weighted by molar-refractivity contribution is 6.07. The van der Waals surface area contributed by atoms with Crippen molar-refractivity contribution in [1.82, 2.24) is 4.90 Å². The van der Waals surface area contributed by atoms with Crippen LogP contribution >= 0.6 is 0 Å². The fraction of sp³-hybridized carbons (Fsp3) is 0.375. The number of imide groups is 1. The van der Waals surface area contributed by atoms with E-state index in [0.717, 1.165) is 17.7 Å². The molecule has 5 atom stereocenters. The molecule has 1 saturated heterocycles. The number of hydrogen-bond donors (Lipinski definition) is 1. The number of amides is 3. The van der Waals surface area contributed by atoms with Gasteiger partial charge in [0.25, 0.3) is 0 Å².